The molecule has 2 rings (SSSR count). The highest BCUT2D eigenvalue weighted by atomic mass is 35.5. The molecule has 0 aliphatic rings. The molecule has 0 atom stereocenters. The number of hydrogen-bond donors (Lipinski definition) is 1. The monoisotopic (exact) mass is 221 g/mol. The van der Waals surface area contributed by atoms with Crippen molar-refractivity contribution in [2.24, 2.45) is 0 Å². The lowest BCUT2D eigenvalue weighted by molar-refractivity contribution is 0.281. The van der Waals surface area contributed by atoms with Gasteiger partial charge in [0, 0.05) is 24.2 Å². The Morgan fingerprint density at radius 2 is 1.80 bits per heavy atom. The van der Waals surface area contributed by atoms with Gasteiger partial charge in [0.15, 0.2) is 5.82 Å². The Balaban J connectivity index is 2.33. The predicted molar refractivity (Wildman–Crippen MR) is 56.2 cm³/mol. The molecule has 0 bridgehead atoms. The molecule has 0 aliphatic carbocycles. The Morgan fingerprint density at radius 3 is 2.33 bits per heavy atom. The van der Waals surface area contributed by atoms with Crippen LogP contribution in [0.25, 0.3) is 11.5 Å². The van der Waals surface area contributed by atoms with E-state index in [0.717, 1.165) is 0 Å². The molecule has 0 unspecified atom stereocenters. The van der Waals surface area contributed by atoms with Crippen molar-refractivity contribution in [1.29, 1.82) is 0 Å². The van der Waals surface area contributed by atoms with Crippen LogP contribution in [0.5, 0.6) is 0 Å². The maximum atomic E-state index is 8.82. The van der Waals surface area contributed by atoms with E-state index in [9.17, 15) is 0 Å². The van der Waals surface area contributed by atoms with Gasteiger partial charge in [0.2, 0.25) is 0 Å². The minimum atomic E-state index is -0.0612. The van der Waals surface area contributed by atoms with E-state index < -0.39 is 0 Å². The molecule has 0 aromatic carbocycles. The fraction of sp³-hybridized carbons (Fsp3) is 0.100. The molecule has 0 amide bonds. The van der Waals surface area contributed by atoms with Crippen LogP contribution in [0.4, 0.5) is 0 Å². The fourth-order valence-corrected chi connectivity index (χ4v) is 1.19. The van der Waals surface area contributed by atoms with E-state index in [1.54, 1.807) is 30.7 Å². The van der Waals surface area contributed by atoms with Crippen LogP contribution in [0.15, 0.2) is 30.7 Å². The molecule has 0 saturated carbocycles. The largest absolute Gasteiger partial charge is 0.392 e. The Hall–Kier alpha value is -1.52. The lowest BCUT2D eigenvalue weighted by atomic mass is 10.3. The van der Waals surface area contributed by atoms with E-state index in [-0.39, 0.29) is 6.61 Å². The van der Waals surface area contributed by atoms with E-state index >= 15 is 0 Å². The molecular weight excluding hydrogens is 214 g/mol. The lowest BCUT2D eigenvalue weighted by Gasteiger charge is -1.99. The Morgan fingerprint density at radius 1 is 1.07 bits per heavy atom. The average Bonchev–Trinajstić information content (AvgIpc) is 2.30. The van der Waals surface area contributed by atoms with Gasteiger partial charge in [0.1, 0.15) is 5.69 Å². The third kappa shape index (κ3) is 2.29. The third-order valence-electron chi connectivity index (χ3n) is 1.84. The number of rotatable bonds is 2. The number of aliphatic hydroxyl groups excluding tert-OH is 1. The summed E-state index contributed by atoms with van der Waals surface area (Å²) >= 11 is 5.71. The summed E-state index contributed by atoms with van der Waals surface area (Å²) in [5.41, 5.74) is 1.33. The summed E-state index contributed by atoms with van der Waals surface area (Å²) in [6.07, 6.45) is 4.68. The Labute approximate surface area is 91.6 Å². The molecule has 0 saturated heterocycles. The van der Waals surface area contributed by atoms with Gasteiger partial charge in [-0.3, -0.25) is 4.98 Å². The molecule has 2 heterocycles. The van der Waals surface area contributed by atoms with Crippen molar-refractivity contribution in [3.8, 4) is 11.5 Å². The maximum absolute atomic E-state index is 8.82. The zero-order valence-corrected chi connectivity index (χ0v) is 8.52. The van der Waals surface area contributed by atoms with Crippen molar-refractivity contribution in [2.45, 2.75) is 6.61 Å². The van der Waals surface area contributed by atoms with Gasteiger partial charge in [-0.25, -0.2) is 9.97 Å². The second kappa shape index (κ2) is 4.33. The van der Waals surface area contributed by atoms with Crippen molar-refractivity contribution < 1.29 is 5.11 Å². The molecule has 2 aromatic heterocycles. The summed E-state index contributed by atoms with van der Waals surface area (Å²) in [7, 11) is 0. The van der Waals surface area contributed by atoms with Gasteiger partial charge in [-0.2, -0.15) is 0 Å². The first-order valence-corrected chi connectivity index (χ1v) is 4.71. The molecule has 5 heteroatoms. The van der Waals surface area contributed by atoms with E-state index in [2.05, 4.69) is 15.0 Å². The van der Waals surface area contributed by atoms with Crippen LogP contribution in [-0.4, -0.2) is 20.1 Å². The summed E-state index contributed by atoms with van der Waals surface area (Å²) in [6.45, 7) is -0.0612. The number of pyridine rings is 1. The first-order chi connectivity index (χ1) is 7.29. The zero-order valence-electron chi connectivity index (χ0n) is 7.76. The van der Waals surface area contributed by atoms with Crippen LogP contribution in [0.2, 0.25) is 5.02 Å². The lowest BCUT2D eigenvalue weighted by Crippen LogP contribution is -1.93. The van der Waals surface area contributed by atoms with Crippen LogP contribution in [0.1, 0.15) is 5.56 Å². The Kier molecular flexibility index (Phi) is 2.89. The number of hydrogen-bond acceptors (Lipinski definition) is 4. The molecule has 0 aliphatic heterocycles. The second-order valence-corrected chi connectivity index (χ2v) is 3.37. The van der Waals surface area contributed by atoms with Gasteiger partial charge < -0.3 is 5.11 Å². The van der Waals surface area contributed by atoms with Crippen LogP contribution in [0.3, 0.4) is 0 Å². The zero-order chi connectivity index (χ0) is 10.7. The van der Waals surface area contributed by atoms with Crippen molar-refractivity contribution in [3.63, 3.8) is 0 Å². The van der Waals surface area contributed by atoms with Crippen LogP contribution in [-0.2, 0) is 6.61 Å². The first-order valence-electron chi connectivity index (χ1n) is 4.33. The van der Waals surface area contributed by atoms with E-state index in [4.69, 9.17) is 16.7 Å². The highest BCUT2D eigenvalue weighted by molar-refractivity contribution is 6.30. The quantitative estimate of drug-likeness (QED) is 0.838. The normalized spacial score (nSPS) is 10.3. The van der Waals surface area contributed by atoms with Gasteiger partial charge in [0.05, 0.1) is 11.6 Å². The highest BCUT2D eigenvalue weighted by Gasteiger charge is 2.02. The third-order valence-corrected chi connectivity index (χ3v) is 2.07. The molecule has 1 N–H and O–H groups in total. The summed E-state index contributed by atoms with van der Waals surface area (Å²) in [6, 6.07) is 3.48. The topological polar surface area (TPSA) is 58.9 Å². The highest BCUT2D eigenvalue weighted by Crippen LogP contribution is 2.14. The number of aliphatic hydroxyl groups is 1. The Bertz CT molecular complexity index is 441. The minimum Gasteiger partial charge on any atom is -0.392 e. The van der Waals surface area contributed by atoms with E-state index in [0.29, 0.717) is 22.1 Å². The number of aromatic nitrogens is 3. The molecule has 15 heavy (non-hydrogen) atoms. The minimum absolute atomic E-state index is 0.0612. The molecule has 0 spiro atoms. The standard InChI is InChI=1S/C10H8ClN3O/c11-8-1-2-9(12-5-8)10-13-3-7(6-15)4-14-10/h1-5,15H,6H2. The second-order valence-electron chi connectivity index (χ2n) is 2.93. The molecule has 4 nitrogen and oxygen atoms in total. The van der Waals surface area contributed by atoms with Gasteiger partial charge in [-0.15, -0.1) is 0 Å². The van der Waals surface area contributed by atoms with Gasteiger partial charge in [-0.05, 0) is 12.1 Å². The van der Waals surface area contributed by atoms with Crippen molar-refractivity contribution in [1.82, 2.24) is 15.0 Å². The summed E-state index contributed by atoms with van der Waals surface area (Å²) < 4.78 is 0. The average molecular weight is 222 g/mol. The van der Waals surface area contributed by atoms with E-state index in [1.807, 2.05) is 0 Å². The molecule has 2 aromatic rings. The predicted octanol–water partition coefficient (Wildman–Crippen LogP) is 1.68. The van der Waals surface area contributed by atoms with Gasteiger partial charge >= 0.3 is 0 Å². The molecule has 0 radical (unpaired) electrons. The van der Waals surface area contributed by atoms with Crippen molar-refractivity contribution >= 4 is 11.6 Å². The fourth-order valence-electron chi connectivity index (χ4n) is 1.08. The van der Waals surface area contributed by atoms with Crippen LogP contribution >= 0.6 is 11.6 Å². The first kappa shape index (κ1) is 10.0. The number of nitrogens with zero attached hydrogens (tertiary/aromatic N) is 3. The molecule has 76 valence electrons. The maximum Gasteiger partial charge on any atom is 0.178 e. The summed E-state index contributed by atoms with van der Waals surface area (Å²) in [5.74, 6) is 0.517. The summed E-state index contributed by atoms with van der Waals surface area (Å²) in [4.78, 5) is 12.2. The van der Waals surface area contributed by atoms with Crippen molar-refractivity contribution in [2.75, 3.05) is 0 Å². The smallest absolute Gasteiger partial charge is 0.178 e. The van der Waals surface area contributed by atoms with Gasteiger partial charge in [-0.1, -0.05) is 11.6 Å². The van der Waals surface area contributed by atoms with Crippen molar-refractivity contribution in [3.05, 3.63) is 41.3 Å². The van der Waals surface area contributed by atoms with Gasteiger partial charge in [0.25, 0.3) is 0 Å². The van der Waals surface area contributed by atoms with E-state index in [1.165, 1.54) is 0 Å². The molecular formula is C10H8ClN3O. The number of halogens is 1. The van der Waals surface area contributed by atoms with Crippen LogP contribution in [0, 0.1) is 0 Å². The summed E-state index contributed by atoms with van der Waals surface area (Å²) in [5, 5.41) is 9.40. The molecule has 0 fully saturated rings. The SMILES string of the molecule is OCc1cnc(-c2ccc(Cl)cn2)nc1. The van der Waals surface area contributed by atoms with Crippen LogP contribution < -0.4 is 0 Å².